The van der Waals surface area contributed by atoms with Crippen molar-refractivity contribution in [1.82, 2.24) is 19.8 Å². The maximum Gasteiger partial charge on any atom is 0.253 e. The number of rotatable bonds is 5. The van der Waals surface area contributed by atoms with Crippen LogP contribution in [0, 0.1) is 0 Å². The van der Waals surface area contributed by atoms with Crippen LogP contribution < -0.4 is 0 Å². The van der Waals surface area contributed by atoms with Crippen LogP contribution in [0.2, 0.25) is 0 Å². The molecule has 3 aromatic rings. The van der Waals surface area contributed by atoms with E-state index >= 15 is 0 Å². The van der Waals surface area contributed by atoms with Gasteiger partial charge in [0.05, 0.1) is 5.69 Å². The van der Waals surface area contributed by atoms with Gasteiger partial charge in [-0.15, -0.1) is 0 Å². The topological polar surface area (TPSA) is 49.3 Å². The molecule has 1 aliphatic heterocycles. The summed E-state index contributed by atoms with van der Waals surface area (Å²) in [7, 11) is 4.08. The third-order valence-corrected chi connectivity index (χ3v) is 5.03. The summed E-state index contributed by atoms with van der Waals surface area (Å²) >= 11 is 0. The van der Waals surface area contributed by atoms with Gasteiger partial charge in [0.25, 0.3) is 5.91 Å². The lowest BCUT2D eigenvalue weighted by Gasteiger charge is -2.39. The van der Waals surface area contributed by atoms with Crippen LogP contribution in [0.15, 0.2) is 67.0 Å². The van der Waals surface area contributed by atoms with Crippen molar-refractivity contribution in [2.24, 2.45) is 0 Å². The molecule has 0 saturated carbocycles. The summed E-state index contributed by atoms with van der Waals surface area (Å²) in [5.74, 6) is 0.419. The molecule has 1 saturated heterocycles. The van der Waals surface area contributed by atoms with Crippen molar-refractivity contribution < 1.29 is 4.79 Å². The minimum absolute atomic E-state index is 0.0769. The molecular formula is C23H24N4O. The molecule has 2 aromatic heterocycles. The van der Waals surface area contributed by atoms with Gasteiger partial charge in [0.15, 0.2) is 0 Å². The average molecular weight is 372 g/mol. The number of hydrogen-bond donors (Lipinski definition) is 0. The van der Waals surface area contributed by atoms with Crippen LogP contribution in [0.25, 0.3) is 11.3 Å². The zero-order chi connectivity index (χ0) is 19.5. The van der Waals surface area contributed by atoms with Crippen molar-refractivity contribution in [3.63, 3.8) is 0 Å². The van der Waals surface area contributed by atoms with E-state index in [0.717, 1.165) is 36.6 Å². The first-order valence-corrected chi connectivity index (χ1v) is 9.50. The Hall–Kier alpha value is -3.05. The van der Waals surface area contributed by atoms with Gasteiger partial charge in [0.2, 0.25) is 0 Å². The molecule has 0 spiro atoms. The predicted molar refractivity (Wildman–Crippen MR) is 110 cm³/mol. The highest BCUT2D eigenvalue weighted by Gasteiger charge is 2.32. The fraction of sp³-hybridized carbons (Fsp3) is 0.261. The molecule has 1 aromatic carbocycles. The molecule has 0 radical (unpaired) electrons. The van der Waals surface area contributed by atoms with E-state index < -0.39 is 0 Å². The summed E-state index contributed by atoms with van der Waals surface area (Å²) < 4.78 is 0. The fourth-order valence-electron chi connectivity index (χ4n) is 3.47. The van der Waals surface area contributed by atoms with Crippen molar-refractivity contribution in [3.8, 4) is 11.3 Å². The van der Waals surface area contributed by atoms with E-state index in [1.54, 1.807) is 6.20 Å². The van der Waals surface area contributed by atoms with Crippen LogP contribution in [0.4, 0.5) is 0 Å². The highest BCUT2D eigenvalue weighted by molar-refractivity contribution is 5.95. The number of aromatic nitrogens is 2. The third-order valence-electron chi connectivity index (χ3n) is 5.03. The van der Waals surface area contributed by atoms with E-state index in [9.17, 15) is 4.79 Å². The second-order valence-corrected chi connectivity index (χ2v) is 7.53. The van der Waals surface area contributed by atoms with Crippen molar-refractivity contribution in [2.75, 3.05) is 27.2 Å². The Bertz CT molecular complexity index is 931. The summed E-state index contributed by atoms with van der Waals surface area (Å²) in [5, 5.41) is 0. The van der Waals surface area contributed by atoms with Gasteiger partial charge in [-0.2, -0.15) is 0 Å². The van der Waals surface area contributed by atoms with Crippen LogP contribution in [-0.2, 0) is 6.54 Å². The number of benzene rings is 1. The highest BCUT2D eigenvalue weighted by Crippen LogP contribution is 2.27. The van der Waals surface area contributed by atoms with Gasteiger partial charge in [0, 0.05) is 54.8 Å². The number of carbonyl (C=O) groups excluding carboxylic acids is 1. The van der Waals surface area contributed by atoms with Crippen molar-refractivity contribution >= 4 is 5.91 Å². The van der Waals surface area contributed by atoms with Gasteiger partial charge >= 0.3 is 0 Å². The number of likely N-dealkylation sites (tertiary alicyclic amines) is 1. The van der Waals surface area contributed by atoms with Gasteiger partial charge in [-0.05, 0) is 50.0 Å². The normalized spacial score (nSPS) is 14.2. The number of pyridine rings is 2. The lowest BCUT2D eigenvalue weighted by atomic mass is 9.94. The zero-order valence-corrected chi connectivity index (χ0v) is 16.2. The van der Waals surface area contributed by atoms with Crippen LogP contribution >= 0.6 is 0 Å². The molecule has 4 rings (SSSR count). The van der Waals surface area contributed by atoms with Gasteiger partial charge in [0.1, 0.15) is 0 Å². The molecule has 1 amide bonds. The van der Waals surface area contributed by atoms with E-state index in [0.29, 0.717) is 11.5 Å². The first-order valence-electron chi connectivity index (χ1n) is 9.50. The molecule has 5 heteroatoms. The van der Waals surface area contributed by atoms with Gasteiger partial charge in [-0.3, -0.25) is 14.8 Å². The summed E-state index contributed by atoms with van der Waals surface area (Å²) in [6.45, 7) is 2.33. The van der Waals surface area contributed by atoms with Crippen molar-refractivity contribution in [2.45, 2.75) is 12.5 Å². The molecule has 5 nitrogen and oxygen atoms in total. The smallest absolute Gasteiger partial charge is 0.253 e. The number of amides is 1. The Labute approximate surface area is 165 Å². The molecule has 142 valence electrons. The molecule has 0 bridgehead atoms. The lowest BCUT2D eigenvalue weighted by molar-refractivity contribution is 0.0599. The Morgan fingerprint density at radius 3 is 2.43 bits per heavy atom. The SMILES string of the molecule is CN(C)Cc1ccc(-c2ccc(C(=O)N3CC(c4ccccn4)C3)cc2)nc1. The molecule has 0 N–H and O–H groups in total. The highest BCUT2D eigenvalue weighted by atomic mass is 16.2. The van der Waals surface area contributed by atoms with E-state index in [1.807, 2.05) is 73.7 Å². The van der Waals surface area contributed by atoms with Crippen LogP contribution in [0.5, 0.6) is 0 Å². The predicted octanol–water partition coefficient (Wildman–Crippen LogP) is 3.44. The number of hydrogen-bond acceptors (Lipinski definition) is 4. The standard InChI is InChI=1S/C23H24N4O/c1-26(2)14-17-6-11-22(25-13-17)18-7-9-19(10-8-18)23(28)27-15-20(16-27)21-5-3-4-12-24-21/h3-13,20H,14-16H2,1-2H3. The van der Waals surface area contributed by atoms with E-state index in [2.05, 4.69) is 20.9 Å². The number of nitrogens with zero attached hydrogens (tertiary/aromatic N) is 4. The lowest BCUT2D eigenvalue weighted by Crippen LogP contribution is -2.48. The Morgan fingerprint density at radius 2 is 1.82 bits per heavy atom. The molecule has 0 atom stereocenters. The Morgan fingerprint density at radius 1 is 1.04 bits per heavy atom. The minimum Gasteiger partial charge on any atom is -0.337 e. The van der Waals surface area contributed by atoms with Crippen molar-refractivity contribution in [3.05, 3.63) is 83.8 Å². The van der Waals surface area contributed by atoms with Crippen LogP contribution in [0.1, 0.15) is 27.5 Å². The van der Waals surface area contributed by atoms with Crippen LogP contribution in [0.3, 0.4) is 0 Å². The molecule has 1 fully saturated rings. The molecule has 28 heavy (non-hydrogen) atoms. The van der Waals surface area contributed by atoms with Gasteiger partial charge in [-0.25, -0.2) is 0 Å². The summed E-state index contributed by atoms with van der Waals surface area (Å²) in [5.41, 5.74) is 4.89. The number of carbonyl (C=O) groups is 1. The Balaban J connectivity index is 1.39. The largest absolute Gasteiger partial charge is 0.337 e. The van der Waals surface area contributed by atoms with E-state index in [4.69, 9.17) is 0 Å². The molecule has 1 aliphatic rings. The summed E-state index contributed by atoms with van der Waals surface area (Å²) in [6.07, 6.45) is 3.71. The first kappa shape index (κ1) is 18.3. The Kier molecular flexibility index (Phi) is 5.17. The molecule has 0 unspecified atom stereocenters. The average Bonchev–Trinajstić information content (AvgIpc) is 2.68. The maximum absolute atomic E-state index is 12.7. The van der Waals surface area contributed by atoms with Crippen molar-refractivity contribution in [1.29, 1.82) is 0 Å². The second kappa shape index (κ2) is 7.90. The summed E-state index contributed by atoms with van der Waals surface area (Å²) in [6, 6.07) is 17.8. The monoisotopic (exact) mass is 372 g/mol. The molecular weight excluding hydrogens is 348 g/mol. The molecule has 3 heterocycles. The zero-order valence-electron chi connectivity index (χ0n) is 16.2. The first-order chi connectivity index (χ1) is 13.6. The van der Waals surface area contributed by atoms with Crippen LogP contribution in [-0.4, -0.2) is 52.9 Å². The van der Waals surface area contributed by atoms with E-state index in [1.165, 1.54) is 5.56 Å². The second-order valence-electron chi connectivity index (χ2n) is 7.53. The minimum atomic E-state index is 0.0769. The third kappa shape index (κ3) is 3.94. The van der Waals surface area contributed by atoms with Gasteiger partial charge in [-0.1, -0.05) is 24.3 Å². The fourth-order valence-corrected chi connectivity index (χ4v) is 3.47. The summed E-state index contributed by atoms with van der Waals surface area (Å²) in [4.78, 5) is 25.6. The maximum atomic E-state index is 12.7. The van der Waals surface area contributed by atoms with E-state index in [-0.39, 0.29) is 5.91 Å². The molecule has 0 aliphatic carbocycles. The van der Waals surface area contributed by atoms with Gasteiger partial charge < -0.3 is 9.80 Å². The quantitative estimate of drug-likeness (QED) is 0.688.